The van der Waals surface area contributed by atoms with Crippen LogP contribution in [0.1, 0.15) is 11.3 Å². The van der Waals surface area contributed by atoms with Crippen molar-refractivity contribution in [1.82, 2.24) is 0 Å². The lowest BCUT2D eigenvalue weighted by molar-refractivity contribution is -0.116. The number of rotatable bonds is 8. The van der Waals surface area contributed by atoms with Gasteiger partial charge in [0.15, 0.2) is 0 Å². The first-order chi connectivity index (χ1) is 13.9. The number of methoxy groups -OCH3 is 1. The van der Waals surface area contributed by atoms with Crippen molar-refractivity contribution in [1.29, 1.82) is 0 Å². The van der Waals surface area contributed by atoms with Crippen LogP contribution in [0.25, 0.3) is 0 Å². The lowest BCUT2D eigenvalue weighted by Crippen LogP contribution is -2.15. The van der Waals surface area contributed by atoms with E-state index in [1.165, 1.54) is 25.3 Å². The van der Waals surface area contributed by atoms with Gasteiger partial charge in [-0.25, -0.2) is 12.8 Å². The molecule has 0 atom stereocenters. The number of carbonyl (C=O) groups is 1. The van der Waals surface area contributed by atoms with Gasteiger partial charge in [0, 0.05) is 17.0 Å². The van der Waals surface area contributed by atoms with Crippen molar-refractivity contribution in [3.63, 3.8) is 0 Å². The van der Waals surface area contributed by atoms with E-state index in [9.17, 15) is 17.6 Å². The minimum atomic E-state index is -3.96. The maximum atomic E-state index is 13.1. The van der Waals surface area contributed by atoms with Crippen molar-refractivity contribution in [3.8, 4) is 5.75 Å². The number of benzene rings is 2. The standard InChI is InChI=1S/C20H19FN2O4S2/c1-27-19-10-6-15(22-20(24)11-7-16-3-2-12-28-16)13-18(19)23-29(25,26)17-8-4-14(21)5-9-17/h2-6,8-10,12-13,23H,7,11H2,1H3,(H,22,24). The van der Waals surface area contributed by atoms with Gasteiger partial charge in [0.25, 0.3) is 10.0 Å². The maximum absolute atomic E-state index is 13.1. The lowest BCUT2D eigenvalue weighted by Gasteiger charge is -2.14. The third-order valence-electron chi connectivity index (χ3n) is 4.03. The van der Waals surface area contributed by atoms with E-state index in [1.54, 1.807) is 23.5 Å². The molecule has 0 aliphatic heterocycles. The first kappa shape index (κ1) is 20.8. The normalized spacial score (nSPS) is 11.1. The zero-order valence-electron chi connectivity index (χ0n) is 15.5. The van der Waals surface area contributed by atoms with Gasteiger partial charge in [-0.05, 0) is 60.3 Å². The number of nitrogens with one attached hydrogen (secondary N) is 2. The second kappa shape index (κ2) is 9.06. The largest absolute Gasteiger partial charge is 0.495 e. The smallest absolute Gasteiger partial charge is 0.262 e. The molecular weight excluding hydrogens is 415 g/mol. The summed E-state index contributed by atoms with van der Waals surface area (Å²) >= 11 is 1.59. The molecule has 152 valence electrons. The molecule has 9 heteroatoms. The second-order valence-electron chi connectivity index (χ2n) is 6.10. The summed E-state index contributed by atoms with van der Waals surface area (Å²) in [4.78, 5) is 13.2. The van der Waals surface area contributed by atoms with Crippen LogP contribution in [-0.4, -0.2) is 21.4 Å². The molecule has 0 spiro atoms. The minimum Gasteiger partial charge on any atom is -0.495 e. The first-order valence-electron chi connectivity index (χ1n) is 8.66. The summed E-state index contributed by atoms with van der Waals surface area (Å²) in [7, 11) is -2.55. The number of hydrogen-bond donors (Lipinski definition) is 2. The SMILES string of the molecule is COc1ccc(NC(=O)CCc2cccs2)cc1NS(=O)(=O)c1ccc(F)cc1. The molecule has 6 nitrogen and oxygen atoms in total. The molecule has 0 radical (unpaired) electrons. The summed E-state index contributed by atoms with van der Waals surface area (Å²) in [5.74, 6) is -0.433. The number of sulfonamides is 1. The Morgan fingerprint density at radius 1 is 1.14 bits per heavy atom. The highest BCUT2D eigenvalue weighted by Gasteiger charge is 2.17. The fourth-order valence-corrected chi connectivity index (χ4v) is 4.37. The zero-order chi connectivity index (χ0) is 20.9. The van der Waals surface area contributed by atoms with E-state index in [0.717, 1.165) is 17.0 Å². The van der Waals surface area contributed by atoms with Gasteiger partial charge in [0.2, 0.25) is 5.91 Å². The summed E-state index contributed by atoms with van der Waals surface area (Å²) in [6, 6.07) is 13.0. The lowest BCUT2D eigenvalue weighted by atomic mass is 10.2. The highest BCUT2D eigenvalue weighted by atomic mass is 32.2. The highest BCUT2D eigenvalue weighted by molar-refractivity contribution is 7.92. The monoisotopic (exact) mass is 434 g/mol. The fourth-order valence-electron chi connectivity index (χ4n) is 2.60. The van der Waals surface area contributed by atoms with Crippen LogP contribution in [0.5, 0.6) is 5.75 Å². The number of ether oxygens (including phenoxy) is 1. The summed E-state index contributed by atoms with van der Waals surface area (Å²) in [5.41, 5.74) is 0.590. The predicted molar refractivity (Wildman–Crippen MR) is 111 cm³/mol. The van der Waals surface area contributed by atoms with Crippen LogP contribution in [0.4, 0.5) is 15.8 Å². The average Bonchev–Trinajstić information content (AvgIpc) is 3.20. The van der Waals surface area contributed by atoms with Gasteiger partial charge < -0.3 is 10.1 Å². The number of aryl methyl sites for hydroxylation is 1. The van der Waals surface area contributed by atoms with Crippen molar-refractivity contribution in [2.45, 2.75) is 17.7 Å². The Morgan fingerprint density at radius 2 is 1.90 bits per heavy atom. The van der Waals surface area contributed by atoms with Crippen LogP contribution >= 0.6 is 11.3 Å². The van der Waals surface area contributed by atoms with Crippen molar-refractivity contribution >= 4 is 38.6 Å². The van der Waals surface area contributed by atoms with Gasteiger partial charge in [-0.2, -0.15) is 0 Å². The third-order valence-corrected chi connectivity index (χ3v) is 6.35. The van der Waals surface area contributed by atoms with E-state index >= 15 is 0 Å². The Kier molecular flexibility index (Phi) is 6.50. The van der Waals surface area contributed by atoms with Crippen LogP contribution in [0.15, 0.2) is 64.9 Å². The van der Waals surface area contributed by atoms with E-state index in [1.807, 2.05) is 17.5 Å². The summed E-state index contributed by atoms with van der Waals surface area (Å²) in [5, 5.41) is 4.71. The highest BCUT2D eigenvalue weighted by Crippen LogP contribution is 2.30. The Balaban J connectivity index is 1.74. The molecule has 2 aromatic carbocycles. The van der Waals surface area contributed by atoms with Gasteiger partial charge in [-0.1, -0.05) is 6.07 Å². The average molecular weight is 435 g/mol. The van der Waals surface area contributed by atoms with E-state index in [0.29, 0.717) is 18.5 Å². The summed E-state index contributed by atoms with van der Waals surface area (Å²) in [6.45, 7) is 0. The van der Waals surface area contributed by atoms with Crippen LogP contribution < -0.4 is 14.8 Å². The van der Waals surface area contributed by atoms with Gasteiger partial charge in [-0.15, -0.1) is 11.3 Å². The topological polar surface area (TPSA) is 84.5 Å². The number of anilines is 2. The fraction of sp³-hybridized carbons (Fsp3) is 0.150. The zero-order valence-corrected chi connectivity index (χ0v) is 17.1. The molecular formula is C20H19FN2O4S2. The molecule has 0 aliphatic carbocycles. The van der Waals surface area contributed by atoms with Crippen LogP contribution in [0.3, 0.4) is 0 Å². The molecule has 0 fully saturated rings. The quantitative estimate of drug-likeness (QED) is 0.555. The van der Waals surface area contributed by atoms with E-state index in [-0.39, 0.29) is 22.2 Å². The maximum Gasteiger partial charge on any atom is 0.262 e. The van der Waals surface area contributed by atoms with Crippen molar-refractivity contribution in [2.24, 2.45) is 0 Å². The van der Waals surface area contributed by atoms with E-state index in [2.05, 4.69) is 10.0 Å². The molecule has 3 rings (SSSR count). The van der Waals surface area contributed by atoms with Crippen LogP contribution in [0, 0.1) is 5.82 Å². The molecule has 0 saturated heterocycles. The Labute approximate surface area is 172 Å². The Hall–Kier alpha value is -2.91. The molecule has 29 heavy (non-hydrogen) atoms. The first-order valence-corrected chi connectivity index (χ1v) is 11.0. The van der Waals surface area contributed by atoms with Gasteiger partial charge in [0.05, 0.1) is 17.7 Å². The Morgan fingerprint density at radius 3 is 2.55 bits per heavy atom. The van der Waals surface area contributed by atoms with Crippen molar-refractivity contribution < 1.29 is 22.3 Å². The number of thiophene rings is 1. The van der Waals surface area contributed by atoms with Crippen LogP contribution in [-0.2, 0) is 21.2 Å². The van der Waals surface area contributed by atoms with Crippen molar-refractivity contribution in [3.05, 3.63) is 70.7 Å². The third kappa shape index (κ3) is 5.55. The molecule has 0 aliphatic rings. The second-order valence-corrected chi connectivity index (χ2v) is 8.82. The molecule has 3 aromatic rings. The van der Waals surface area contributed by atoms with Gasteiger partial charge >= 0.3 is 0 Å². The molecule has 0 unspecified atom stereocenters. The van der Waals surface area contributed by atoms with E-state index < -0.39 is 15.8 Å². The number of carbonyl (C=O) groups excluding carboxylic acids is 1. The molecule has 0 saturated carbocycles. The number of amides is 1. The molecule has 1 aromatic heterocycles. The molecule has 1 amide bonds. The van der Waals surface area contributed by atoms with Crippen molar-refractivity contribution in [2.75, 3.05) is 17.1 Å². The Bertz CT molecular complexity index is 1080. The number of halogens is 1. The minimum absolute atomic E-state index is 0.0914. The summed E-state index contributed by atoms with van der Waals surface area (Å²) < 4.78 is 45.8. The molecule has 0 bridgehead atoms. The molecule has 2 N–H and O–H groups in total. The summed E-state index contributed by atoms with van der Waals surface area (Å²) in [6.07, 6.45) is 0.937. The van der Waals surface area contributed by atoms with E-state index in [4.69, 9.17) is 4.74 Å². The number of hydrogen-bond acceptors (Lipinski definition) is 5. The van der Waals surface area contributed by atoms with Crippen LogP contribution in [0.2, 0.25) is 0 Å². The van der Waals surface area contributed by atoms with Gasteiger partial charge in [0.1, 0.15) is 11.6 Å². The predicted octanol–water partition coefficient (Wildman–Crippen LogP) is 4.27. The van der Waals surface area contributed by atoms with Gasteiger partial charge in [-0.3, -0.25) is 9.52 Å². The molecule has 1 heterocycles.